The lowest BCUT2D eigenvalue weighted by atomic mass is 10.2. The Labute approximate surface area is 155 Å². The van der Waals surface area contributed by atoms with E-state index in [0.717, 1.165) is 16.8 Å². The Morgan fingerprint density at radius 1 is 1.38 bits per heavy atom. The highest BCUT2D eigenvalue weighted by atomic mass is 79.9. The highest BCUT2D eigenvalue weighted by Gasteiger charge is 2.20. The van der Waals surface area contributed by atoms with Crippen LogP contribution in [0, 0.1) is 0 Å². The summed E-state index contributed by atoms with van der Waals surface area (Å²) in [7, 11) is 1.70. The van der Waals surface area contributed by atoms with E-state index >= 15 is 0 Å². The van der Waals surface area contributed by atoms with Crippen LogP contribution < -0.4 is 15.8 Å². The number of aromatic nitrogens is 3. The van der Waals surface area contributed by atoms with Crippen molar-refractivity contribution in [3.63, 3.8) is 0 Å². The fourth-order valence-electron chi connectivity index (χ4n) is 2.51. The monoisotopic (exact) mass is 413 g/mol. The standard InChI is InChI=1S/C15H18BrN5O2.H2S/c1-10-9-23-6-5-21(10)14-4-3-13(18-19-14)17-12-7-11(16)8-20(2)15(12)22;/h3-4,7-8,10H,5-6,9H2,1-2H3,(H,17,18);1H2/t10-;/m0./s1. The predicted octanol–water partition coefficient (Wildman–Crippen LogP) is 2.02. The molecule has 0 unspecified atom stereocenters. The molecule has 3 rings (SSSR count). The van der Waals surface area contributed by atoms with Gasteiger partial charge in [0.2, 0.25) is 0 Å². The summed E-state index contributed by atoms with van der Waals surface area (Å²) in [6.45, 7) is 4.28. The van der Waals surface area contributed by atoms with Crippen LogP contribution in [0.5, 0.6) is 0 Å². The highest BCUT2D eigenvalue weighted by Crippen LogP contribution is 2.19. The van der Waals surface area contributed by atoms with Gasteiger partial charge < -0.3 is 19.5 Å². The van der Waals surface area contributed by atoms with Crippen LogP contribution >= 0.6 is 29.4 Å². The van der Waals surface area contributed by atoms with Gasteiger partial charge in [0.15, 0.2) is 11.6 Å². The van der Waals surface area contributed by atoms with Crippen LogP contribution in [0.4, 0.5) is 17.3 Å². The first-order chi connectivity index (χ1) is 11.0. The van der Waals surface area contributed by atoms with E-state index in [2.05, 4.69) is 43.3 Å². The second-order valence-corrected chi connectivity index (χ2v) is 6.42. The van der Waals surface area contributed by atoms with Crippen LogP contribution in [0.15, 0.2) is 33.7 Å². The van der Waals surface area contributed by atoms with Crippen molar-refractivity contribution in [2.45, 2.75) is 13.0 Å². The van der Waals surface area contributed by atoms with Crippen molar-refractivity contribution in [1.82, 2.24) is 14.8 Å². The Bertz CT molecular complexity index is 753. The zero-order valence-corrected chi connectivity index (χ0v) is 16.1. The summed E-state index contributed by atoms with van der Waals surface area (Å²) in [6, 6.07) is 5.72. The molecule has 1 aliphatic heterocycles. The zero-order valence-electron chi connectivity index (χ0n) is 13.5. The number of pyridine rings is 1. The summed E-state index contributed by atoms with van der Waals surface area (Å²) in [5.41, 5.74) is 0.324. The molecule has 2 aromatic rings. The van der Waals surface area contributed by atoms with Gasteiger partial charge in [0.05, 0.1) is 19.3 Å². The molecule has 3 heterocycles. The lowest BCUT2D eigenvalue weighted by Crippen LogP contribution is -2.44. The minimum absolute atomic E-state index is 0. The third-order valence-electron chi connectivity index (χ3n) is 3.73. The fourth-order valence-corrected chi connectivity index (χ4v) is 3.05. The van der Waals surface area contributed by atoms with Gasteiger partial charge in [-0.15, -0.1) is 10.2 Å². The molecule has 0 amide bonds. The molecule has 1 N–H and O–H groups in total. The van der Waals surface area contributed by atoms with E-state index in [4.69, 9.17) is 4.74 Å². The Morgan fingerprint density at radius 3 is 2.83 bits per heavy atom. The van der Waals surface area contributed by atoms with Crippen LogP contribution in [0.1, 0.15) is 6.92 Å². The summed E-state index contributed by atoms with van der Waals surface area (Å²) in [5, 5.41) is 11.5. The van der Waals surface area contributed by atoms with Crippen molar-refractivity contribution in [3.8, 4) is 0 Å². The van der Waals surface area contributed by atoms with Gasteiger partial charge in [-0.1, -0.05) is 0 Å². The molecule has 7 nitrogen and oxygen atoms in total. The van der Waals surface area contributed by atoms with Gasteiger partial charge in [0.1, 0.15) is 5.69 Å². The van der Waals surface area contributed by atoms with Crippen molar-refractivity contribution < 1.29 is 4.74 Å². The Hall–Kier alpha value is -1.58. The number of anilines is 3. The Morgan fingerprint density at radius 2 is 2.17 bits per heavy atom. The molecule has 1 atom stereocenters. The minimum atomic E-state index is -0.124. The third kappa shape index (κ3) is 4.08. The van der Waals surface area contributed by atoms with E-state index < -0.39 is 0 Å². The molecular formula is C15H20BrN5O2S. The number of ether oxygens (including phenoxy) is 1. The maximum atomic E-state index is 12.1. The second kappa shape index (κ2) is 8.00. The molecule has 1 saturated heterocycles. The number of hydrogen-bond donors (Lipinski definition) is 1. The normalized spacial score (nSPS) is 17.3. The number of hydrogen-bond acceptors (Lipinski definition) is 6. The maximum absolute atomic E-state index is 12.1. The Kier molecular flexibility index (Phi) is 6.25. The van der Waals surface area contributed by atoms with Crippen LogP contribution in [0.25, 0.3) is 0 Å². The summed E-state index contributed by atoms with van der Waals surface area (Å²) in [6.07, 6.45) is 1.71. The smallest absolute Gasteiger partial charge is 0.274 e. The molecule has 0 saturated carbocycles. The van der Waals surface area contributed by atoms with Crippen molar-refractivity contribution in [1.29, 1.82) is 0 Å². The average molecular weight is 414 g/mol. The zero-order chi connectivity index (χ0) is 16.4. The first-order valence-electron chi connectivity index (χ1n) is 7.36. The van der Waals surface area contributed by atoms with Crippen molar-refractivity contribution in [2.24, 2.45) is 7.05 Å². The molecule has 24 heavy (non-hydrogen) atoms. The van der Waals surface area contributed by atoms with Gasteiger partial charge in [-0.05, 0) is 41.1 Å². The van der Waals surface area contributed by atoms with Crippen molar-refractivity contribution in [2.75, 3.05) is 30.0 Å². The molecule has 0 aromatic carbocycles. The van der Waals surface area contributed by atoms with Crippen LogP contribution in [-0.2, 0) is 11.8 Å². The molecule has 0 radical (unpaired) electrons. The van der Waals surface area contributed by atoms with E-state index in [-0.39, 0.29) is 25.1 Å². The lowest BCUT2D eigenvalue weighted by molar-refractivity contribution is 0.0984. The van der Waals surface area contributed by atoms with Gasteiger partial charge in [-0.3, -0.25) is 4.79 Å². The topological polar surface area (TPSA) is 72.3 Å². The van der Waals surface area contributed by atoms with Crippen molar-refractivity contribution in [3.05, 3.63) is 39.2 Å². The van der Waals surface area contributed by atoms with E-state index in [9.17, 15) is 4.79 Å². The first-order valence-corrected chi connectivity index (χ1v) is 8.15. The minimum Gasteiger partial charge on any atom is -0.377 e. The number of nitrogens with zero attached hydrogens (tertiary/aromatic N) is 4. The molecule has 0 spiro atoms. The largest absolute Gasteiger partial charge is 0.377 e. The summed E-state index contributed by atoms with van der Waals surface area (Å²) < 4.78 is 7.75. The average Bonchev–Trinajstić information content (AvgIpc) is 2.53. The summed E-state index contributed by atoms with van der Waals surface area (Å²) in [4.78, 5) is 14.3. The molecular weight excluding hydrogens is 394 g/mol. The highest BCUT2D eigenvalue weighted by molar-refractivity contribution is 9.10. The van der Waals surface area contributed by atoms with E-state index in [1.165, 1.54) is 4.57 Å². The van der Waals surface area contributed by atoms with Crippen LogP contribution in [0.2, 0.25) is 0 Å². The summed E-state index contributed by atoms with van der Waals surface area (Å²) in [5.74, 6) is 1.35. The second-order valence-electron chi connectivity index (χ2n) is 5.51. The fraction of sp³-hybridized carbons (Fsp3) is 0.400. The predicted molar refractivity (Wildman–Crippen MR) is 103 cm³/mol. The van der Waals surface area contributed by atoms with Gasteiger partial charge in [0.25, 0.3) is 5.56 Å². The molecule has 0 bridgehead atoms. The SMILES string of the molecule is C[C@H]1COCCN1c1ccc(Nc2cc(Br)cn(C)c2=O)nn1.S. The van der Waals surface area contributed by atoms with Crippen molar-refractivity contribution >= 4 is 46.7 Å². The first kappa shape index (κ1) is 18.8. The van der Waals surface area contributed by atoms with Gasteiger partial charge in [-0.25, -0.2) is 0 Å². The Balaban J connectivity index is 0.00000208. The quantitative estimate of drug-likeness (QED) is 0.829. The van der Waals surface area contributed by atoms with Crippen LogP contribution in [-0.4, -0.2) is 40.6 Å². The molecule has 130 valence electrons. The third-order valence-corrected chi connectivity index (χ3v) is 4.16. The van der Waals surface area contributed by atoms with E-state index in [1.807, 2.05) is 12.1 Å². The van der Waals surface area contributed by atoms with Gasteiger partial charge in [0, 0.05) is 24.3 Å². The number of aryl methyl sites for hydroxylation is 1. The number of morpholine rings is 1. The number of halogens is 1. The number of rotatable bonds is 3. The summed E-state index contributed by atoms with van der Waals surface area (Å²) >= 11 is 3.38. The van der Waals surface area contributed by atoms with Gasteiger partial charge in [-0.2, -0.15) is 13.5 Å². The molecule has 0 aliphatic carbocycles. The molecule has 1 aliphatic rings. The number of nitrogens with one attached hydrogen (secondary N) is 1. The van der Waals surface area contributed by atoms with E-state index in [0.29, 0.717) is 24.7 Å². The molecule has 1 fully saturated rings. The van der Waals surface area contributed by atoms with E-state index in [1.54, 1.807) is 19.3 Å². The molecule has 2 aromatic heterocycles. The molecule has 9 heteroatoms. The van der Waals surface area contributed by atoms with Gasteiger partial charge >= 0.3 is 0 Å². The maximum Gasteiger partial charge on any atom is 0.274 e. The lowest BCUT2D eigenvalue weighted by Gasteiger charge is -2.33. The van der Waals surface area contributed by atoms with Crippen LogP contribution in [0.3, 0.4) is 0 Å².